The molecular formula is C18H21BF2O2. The third-order valence-corrected chi connectivity index (χ3v) is 4.25. The van der Waals surface area contributed by atoms with Crippen LogP contribution in [0.4, 0.5) is 8.78 Å². The van der Waals surface area contributed by atoms with Crippen molar-refractivity contribution < 1.29 is 18.8 Å². The van der Waals surface area contributed by atoms with Gasteiger partial charge in [0.1, 0.15) is 11.6 Å². The summed E-state index contributed by atoms with van der Waals surface area (Å²) in [6.45, 7) is 4.27. The van der Waals surface area contributed by atoms with Crippen molar-refractivity contribution in [3.63, 3.8) is 0 Å². The highest BCUT2D eigenvalue weighted by Crippen LogP contribution is 2.30. The zero-order valence-corrected chi connectivity index (χ0v) is 13.4. The lowest BCUT2D eigenvalue weighted by Crippen LogP contribution is -2.30. The fourth-order valence-electron chi connectivity index (χ4n) is 2.59. The Kier molecular flexibility index (Phi) is 5.91. The van der Waals surface area contributed by atoms with Crippen molar-refractivity contribution in [3.05, 3.63) is 53.6 Å². The molecule has 2 nitrogen and oxygen atoms in total. The van der Waals surface area contributed by atoms with Crippen molar-refractivity contribution in [2.75, 3.05) is 0 Å². The molecule has 122 valence electrons. The molecule has 0 saturated carbocycles. The van der Waals surface area contributed by atoms with Crippen LogP contribution in [0.3, 0.4) is 0 Å². The number of aryl methyl sites for hydroxylation is 1. The van der Waals surface area contributed by atoms with Crippen molar-refractivity contribution in [2.45, 2.75) is 33.1 Å². The van der Waals surface area contributed by atoms with Crippen LogP contribution in [0.2, 0.25) is 0 Å². The van der Waals surface area contributed by atoms with E-state index < -0.39 is 18.8 Å². The van der Waals surface area contributed by atoms with E-state index in [1.807, 2.05) is 12.1 Å². The summed E-state index contributed by atoms with van der Waals surface area (Å²) in [6, 6.07) is 9.11. The minimum atomic E-state index is -1.89. The first-order valence-electron chi connectivity index (χ1n) is 7.87. The van der Waals surface area contributed by atoms with E-state index in [4.69, 9.17) is 10.0 Å². The van der Waals surface area contributed by atoms with Gasteiger partial charge in [0.25, 0.3) is 0 Å². The Balaban J connectivity index is 2.43. The fraction of sp³-hybridized carbons (Fsp3) is 0.333. The van der Waals surface area contributed by atoms with Crippen LogP contribution in [0.1, 0.15) is 32.3 Å². The van der Waals surface area contributed by atoms with Gasteiger partial charge in [-0.2, -0.15) is 0 Å². The highest BCUT2D eigenvalue weighted by molar-refractivity contribution is 6.58. The van der Waals surface area contributed by atoms with Gasteiger partial charge in [-0.05, 0) is 47.5 Å². The van der Waals surface area contributed by atoms with Crippen LogP contribution >= 0.6 is 0 Å². The second-order valence-corrected chi connectivity index (χ2v) is 5.94. The van der Waals surface area contributed by atoms with Crippen molar-refractivity contribution in [3.8, 4) is 11.1 Å². The van der Waals surface area contributed by atoms with Crippen LogP contribution in [0, 0.1) is 17.6 Å². The Bertz CT molecular complexity index is 651. The molecule has 0 radical (unpaired) electrons. The molecule has 0 aliphatic carbocycles. The number of hydrogen-bond acceptors (Lipinski definition) is 2. The Labute approximate surface area is 135 Å². The van der Waals surface area contributed by atoms with Gasteiger partial charge in [-0.1, -0.05) is 44.5 Å². The molecule has 2 aromatic carbocycles. The molecule has 5 heteroatoms. The van der Waals surface area contributed by atoms with Crippen LogP contribution in [-0.2, 0) is 6.42 Å². The maximum absolute atomic E-state index is 14.3. The molecule has 0 amide bonds. The van der Waals surface area contributed by atoms with Crippen molar-refractivity contribution in [1.29, 1.82) is 0 Å². The minimum absolute atomic E-state index is 0.117. The predicted octanol–water partition coefficient (Wildman–Crippen LogP) is 3.29. The molecular weight excluding hydrogens is 297 g/mol. The van der Waals surface area contributed by atoms with Gasteiger partial charge in [-0.15, -0.1) is 0 Å². The summed E-state index contributed by atoms with van der Waals surface area (Å²) in [7, 11) is -1.89. The molecule has 0 aliphatic heterocycles. The first kappa shape index (κ1) is 17.6. The lowest BCUT2D eigenvalue weighted by molar-refractivity contribution is 0.425. The molecule has 1 atom stereocenters. The SMILES string of the molecule is CCC(C)CCc1ccccc1-c1c(F)cc(B(O)O)cc1F. The Morgan fingerprint density at radius 2 is 1.70 bits per heavy atom. The van der Waals surface area contributed by atoms with E-state index in [0.717, 1.165) is 37.0 Å². The quantitative estimate of drug-likeness (QED) is 0.803. The molecule has 1 unspecified atom stereocenters. The monoisotopic (exact) mass is 318 g/mol. The summed E-state index contributed by atoms with van der Waals surface area (Å²) in [5.74, 6) is -1.03. The maximum Gasteiger partial charge on any atom is 0.488 e. The number of benzene rings is 2. The number of rotatable bonds is 6. The highest BCUT2D eigenvalue weighted by Gasteiger charge is 2.20. The summed E-state index contributed by atoms with van der Waals surface area (Å²) in [4.78, 5) is 0. The van der Waals surface area contributed by atoms with Gasteiger partial charge in [0.05, 0.1) is 5.56 Å². The van der Waals surface area contributed by atoms with E-state index in [1.54, 1.807) is 12.1 Å². The third kappa shape index (κ3) is 4.18. The molecule has 23 heavy (non-hydrogen) atoms. The normalized spacial score (nSPS) is 12.3. The van der Waals surface area contributed by atoms with E-state index in [1.165, 1.54) is 0 Å². The molecule has 2 rings (SSSR count). The van der Waals surface area contributed by atoms with Gasteiger partial charge in [0, 0.05) is 0 Å². The second-order valence-electron chi connectivity index (χ2n) is 5.94. The second kappa shape index (κ2) is 7.71. The smallest absolute Gasteiger partial charge is 0.423 e. The fourth-order valence-corrected chi connectivity index (χ4v) is 2.59. The third-order valence-electron chi connectivity index (χ3n) is 4.25. The summed E-state index contributed by atoms with van der Waals surface area (Å²) in [5, 5.41) is 18.2. The molecule has 0 saturated heterocycles. The average Bonchev–Trinajstić information content (AvgIpc) is 2.52. The van der Waals surface area contributed by atoms with Crippen LogP contribution in [-0.4, -0.2) is 17.2 Å². The molecule has 0 heterocycles. The Hall–Kier alpha value is -1.72. The molecule has 0 bridgehead atoms. The van der Waals surface area contributed by atoms with E-state index in [2.05, 4.69) is 13.8 Å². The summed E-state index contributed by atoms with van der Waals surface area (Å²) in [6.07, 6.45) is 2.76. The van der Waals surface area contributed by atoms with Gasteiger partial charge in [-0.3, -0.25) is 0 Å². The zero-order valence-electron chi connectivity index (χ0n) is 13.4. The lowest BCUT2D eigenvalue weighted by atomic mass is 9.79. The lowest BCUT2D eigenvalue weighted by Gasteiger charge is -2.14. The molecule has 0 aromatic heterocycles. The topological polar surface area (TPSA) is 40.5 Å². The van der Waals surface area contributed by atoms with Gasteiger partial charge in [-0.25, -0.2) is 8.78 Å². The summed E-state index contributed by atoms with van der Waals surface area (Å²) in [5.41, 5.74) is 1.10. The van der Waals surface area contributed by atoms with Crippen LogP contribution in [0.15, 0.2) is 36.4 Å². The number of hydrogen-bond donors (Lipinski definition) is 2. The van der Waals surface area contributed by atoms with Gasteiger partial charge >= 0.3 is 7.12 Å². The molecule has 2 aromatic rings. The minimum Gasteiger partial charge on any atom is -0.423 e. The van der Waals surface area contributed by atoms with E-state index in [9.17, 15) is 8.78 Å². The van der Waals surface area contributed by atoms with Crippen molar-refractivity contribution in [2.24, 2.45) is 5.92 Å². The van der Waals surface area contributed by atoms with Crippen LogP contribution in [0.5, 0.6) is 0 Å². The Morgan fingerprint density at radius 1 is 1.09 bits per heavy atom. The molecule has 0 aliphatic rings. The van der Waals surface area contributed by atoms with Crippen molar-refractivity contribution >= 4 is 12.6 Å². The largest absolute Gasteiger partial charge is 0.488 e. The number of halogens is 2. The highest BCUT2D eigenvalue weighted by atomic mass is 19.1. The van der Waals surface area contributed by atoms with E-state index >= 15 is 0 Å². The summed E-state index contributed by atoms with van der Waals surface area (Å²) >= 11 is 0. The average molecular weight is 318 g/mol. The summed E-state index contributed by atoms with van der Waals surface area (Å²) < 4.78 is 28.7. The molecule has 2 N–H and O–H groups in total. The Morgan fingerprint density at radius 3 is 2.26 bits per heavy atom. The zero-order chi connectivity index (χ0) is 17.0. The van der Waals surface area contributed by atoms with Gasteiger partial charge in [0.15, 0.2) is 0 Å². The molecule has 0 fully saturated rings. The first-order valence-corrected chi connectivity index (χ1v) is 7.87. The first-order chi connectivity index (χ1) is 10.9. The molecule has 0 spiro atoms. The van der Waals surface area contributed by atoms with Crippen LogP contribution in [0.25, 0.3) is 11.1 Å². The van der Waals surface area contributed by atoms with Crippen molar-refractivity contribution in [1.82, 2.24) is 0 Å². The van der Waals surface area contributed by atoms with E-state index in [0.29, 0.717) is 11.5 Å². The predicted molar refractivity (Wildman–Crippen MR) is 89.4 cm³/mol. The van der Waals surface area contributed by atoms with E-state index in [-0.39, 0.29) is 11.0 Å². The van der Waals surface area contributed by atoms with Gasteiger partial charge in [0.2, 0.25) is 0 Å². The van der Waals surface area contributed by atoms with Gasteiger partial charge < -0.3 is 10.0 Å². The standard InChI is InChI=1S/C18H21BF2O2/c1-3-12(2)8-9-13-6-4-5-7-15(13)18-16(20)10-14(19(22)23)11-17(18)21/h4-7,10-12,22-23H,3,8-9H2,1-2H3. The van der Waals surface area contributed by atoms with Crippen LogP contribution < -0.4 is 5.46 Å². The maximum atomic E-state index is 14.3.